The minimum absolute atomic E-state index is 0.0546. The van der Waals surface area contributed by atoms with Gasteiger partial charge in [0.25, 0.3) is 5.91 Å². The van der Waals surface area contributed by atoms with Crippen LogP contribution in [0, 0.1) is 11.8 Å². The van der Waals surface area contributed by atoms with Crippen LogP contribution < -0.4 is 4.74 Å². The zero-order valence-corrected chi connectivity index (χ0v) is 15.8. The van der Waals surface area contributed by atoms with E-state index in [2.05, 4.69) is 13.8 Å². The number of sulfonamides is 1. The van der Waals surface area contributed by atoms with Gasteiger partial charge in [-0.05, 0) is 36.5 Å². The molecule has 0 N–H and O–H groups in total. The monoisotopic (exact) mass is 354 g/mol. The molecule has 2 unspecified atom stereocenters. The van der Waals surface area contributed by atoms with Crippen molar-refractivity contribution in [2.45, 2.75) is 25.2 Å². The van der Waals surface area contributed by atoms with Gasteiger partial charge in [0.15, 0.2) is 0 Å². The number of hydrogen-bond donors (Lipinski definition) is 0. The zero-order chi connectivity index (χ0) is 18.1. The third-order valence-corrected chi connectivity index (χ3v) is 6.12. The van der Waals surface area contributed by atoms with Crippen molar-refractivity contribution in [1.29, 1.82) is 0 Å². The van der Waals surface area contributed by atoms with Gasteiger partial charge in [-0.1, -0.05) is 13.8 Å². The Hall–Kier alpha value is -1.60. The van der Waals surface area contributed by atoms with Crippen LogP contribution in [0.3, 0.4) is 0 Å². The van der Waals surface area contributed by atoms with E-state index in [0.29, 0.717) is 30.5 Å². The van der Waals surface area contributed by atoms with Crippen LogP contribution in [0.5, 0.6) is 5.75 Å². The van der Waals surface area contributed by atoms with E-state index in [9.17, 15) is 13.2 Å². The fraction of sp³-hybridized carbons (Fsp3) is 0.588. The summed E-state index contributed by atoms with van der Waals surface area (Å²) >= 11 is 0. The molecule has 1 aromatic carbocycles. The molecule has 0 aromatic heterocycles. The topological polar surface area (TPSA) is 66.9 Å². The molecule has 1 aliphatic heterocycles. The molecule has 1 heterocycles. The SMILES string of the molecule is COc1ccc(C(=O)N(C)C)cc1S(=O)(=O)N1CC(C)CC(C)C1. The minimum atomic E-state index is -3.71. The molecule has 0 radical (unpaired) electrons. The van der Waals surface area contributed by atoms with Crippen LogP contribution in [0.4, 0.5) is 0 Å². The molecule has 1 amide bonds. The van der Waals surface area contributed by atoms with Gasteiger partial charge >= 0.3 is 0 Å². The number of carbonyl (C=O) groups is 1. The number of nitrogens with zero attached hydrogens (tertiary/aromatic N) is 2. The molecule has 24 heavy (non-hydrogen) atoms. The van der Waals surface area contributed by atoms with Crippen LogP contribution in [-0.2, 0) is 10.0 Å². The van der Waals surface area contributed by atoms with Gasteiger partial charge in [0, 0.05) is 32.7 Å². The third kappa shape index (κ3) is 3.72. The highest BCUT2D eigenvalue weighted by atomic mass is 32.2. The Labute approximate surface area is 144 Å². The summed E-state index contributed by atoms with van der Waals surface area (Å²) < 4.78 is 33.0. The number of ether oxygens (including phenoxy) is 1. The normalized spacial score (nSPS) is 22.2. The molecular weight excluding hydrogens is 328 g/mol. The highest BCUT2D eigenvalue weighted by Crippen LogP contribution is 2.32. The first-order valence-electron chi connectivity index (χ1n) is 8.06. The molecule has 1 aliphatic rings. The zero-order valence-electron chi connectivity index (χ0n) is 14.9. The molecule has 0 spiro atoms. The van der Waals surface area contributed by atoms with Crippen molar-refractivity contribution in [3.05, 3.63) is 23.8 Å². The highest BCUT2D eigenvalue weighted by molar-refractivity contribution is 7.89. The molecule has 2 atom stereocenters. The Morgan fingerprint density at radius 2 is 1.79 bits per heavy atom. The largest absolute Gasteiger partial charge is 0.495 e. The molecular formula is C17H26N2O4S. The van der Waals surface area contributed by atoms with Gasteiger partial charge in [0.2, 0.25) is 10.0 Å². The molecule has 0 saturated carbocycles. The van der Waals surface area contributed by atoms with Crippen molar-refractivity contribution in [2.75, 3.05) is 34.3 Å². The number of hydrogen-bond acceptors (Lipinski definition) is 4. The Balaban J connectivity index is 2.48. The van der Waals surface area contributed by atoms with E-state index in [4.69, 9.17) is 4.74 Å². The molecule has 134 valence electrons. The number of benzene rings is 1. The number of amides is 1. The standard InChI is InChI=1S/C17H26N2O4S/c1-12-8-13(2)11-19(10-12)24(21,22)16-9-14(17(20)18(3)4)6-7-15(16)23-5/h6-7,9,12-13H,8,10-11H2,1-5H3. The Morgan fingerprint density at radius 1 is 1.21 bits per heavy atom. The van der Waals surface area contributed by atoms with E-state index in [0.717, 1.165) is 6.42 Å². The number of methoxy groups -OCH3 is 1. The van der Waals surface area contributed by atoms with Crippen molar-refractivity contribution < 1.29 is 17.9 Å². The van der Waals surface area contributed by atoms with E-state index < -0.39 is 10.0 Å². The first-order chi connectivity index (χ1) is 11.2. The quantitative estimate of drug-likeness (QED) is 0.830. The van der Waals surface area contributed by atoms with Gasteiger partial charge in [-0.3, -0.25) is 4.79 Å². The summed E-state index contributed by atoms with van der Waals surface area (Å²) in [7, 11) is 0.986. The van der Waals surface area contributed by atoms with Gasteiger partial charge in [-0.2, -0.15) is 4.31 Å². The van der Waals surface area contributed by atoms with Crippen molar-refractivity contribution in [3.8, 4) is 5.75 Å². The average molecular weight is 354 g/mol. The maximum atomic E-state index is 13.1. The molecule has 0 bridgehead atoms. The van der Waals surface area contributed by atoms with Crippen LogP contribution in [0.15, 0.2) is 23.1 Å². The van der Waals surface area contributed by atoms with Crippen LogP contribution >= 0.6 is 0 Å². The van der Waals surface area contributed by atoms with E-state index >= 15 is 0 Å². The predicted octanol–water partition coefficient (Wildman–Crippen LogP) is 2.06. The third-order valence-electron chi connectivity index (χ3n) is 4.27. The summed E-state index contributed by atoms with van der Waals surface area (Å²) in [6, 6.07) is 4.54. The first kappa shape index (κ1) is 18.7. The highest BCUT2D eigenvalue weighted by Gasteiger charge is 2.34. The van der Waals surface area contributed by atoms with Crippen LogP contribution in [0.25, 0.3) is 0 Å². The maximum absolute atomic E-state index is 13.1. The van der Waals surface area contributed by atoms with Gasteiger partial charge in [-0.25, -0.2) is 8.42 Å². The van der Waals surface area contributed by atoms with Crippen molar-refractivity contribution in [2.24, 2.45) is 11.8 Å². The Kier molecular flexibility index (Phi) is 5.55. The van der Waals surface area contributed by atoms with Gasteiger partial charge in [0.1, 0.15) is 10.6 Å². The van der Waals surface area contributed by atoms with Gasteiger partial charge in [0.05, 0.1) is 7.11 Å². The second-order valence-corrected chi connectivity index (χ2v) is 8.74. The second kappa shape index (κ2) is 7.11. The first-order valence-corrected chi connectivity index (χ1v) is 9.50. The number of carbonyl (C=O) groups excluding carboxylic acids is 1. The summed E-state index contributed by atoms with van der Waals surface area (Å²) in [6.07, 6.45) is 1.02. The fourth-order valence-corrected chi connectivity index (χ4v) is 5.07. The predicted molar refractivity (Wildman–Crippen MR) is 92.7 cm³/mol. The average Bonchev–Trinajstić information content (AvgIpc) is 2.52. The molecule has 2 rings (SSSR count). The van der Waals surface area contributed by atoms with E-state index in [1.165, 1.54) is 22.4 Å². The Morgan fingerprint density at radius 3 is 2.29 bits per heavy atom. The molecule has 0 aliphatic carbocycles. The Bertz CT molecular complexity index is 705. The minimum Gasteiger partial charge on any atom is -0.495 e. The summed E-state index contributed by atoms with van der Waals surface area (Å²) in [4.78, 5) is 13.7. The summed E-state index contributed by atoms with van der Waals surface area (Å²) in [5, 5.41) is 0. The number of piperidine rings is 1. The lowest BCUT2D eigenvalue weighted by Gasteiger charge is -2.34. The lowest BCUT2D eigenvalue weighted by molar-refractivity contribution is 0.0827. The summed E-state index contributed by atoms with van der Waals surface area (Å²) in [6.45, 7) is 5.09. The maximum Gasteiger partial charge on any atom is 0.253 e. The van der Waals surface area contributed by atoms with Gasteiger partial charge < -0.3 is 9.64 Å². The van der Waals surface area contributed by atoms with Crippen molar-refractivity contribution in [3.63, 3.8) is 0 Å². The van der Waals surface area contributed by atoms with Crippen LogP contribution in [-0.4, -0.2) is 57.8 Å². The van der Waals surface area contributed by atoms with E-state index in [-0.39, 0.29) is 16.6 Å². The number of rotatable bonds is 4. The lowest BCUT2D eigenvalue weighted by Crippen LogP contribution is -2.42. The van der Waals surface area contributed by atoms with Crippen LogP contribution in [0.2, 0.25) is 0 Å². The molecule has 1 aromatic rings. The molecule has 1 saturated heterocycles. The molecule has 1 fully saturated rings. The van der Waals surface area contributed by atoms with Gasteiger partial charge in [-0.15, -0.1) is 0 Å². The van der Waals surface area contributed by atoms with Crippen molar-refractivity contribution >= 4 is 15.9 Å². The lowest BCUT2D eigenvalue weighted by atomic mass is 9.94. The smallest absolute Gasteiger partial charge is 0.253 e. The molecule has 7 heteroatoms. The van der Waals surface area contributed by atoms with Crippen molar-refractivity contribution in [1.82, 2.24) is 9.21 Å². The van der Waals surface area contributed by atoms with Crippen LogP contribution in [0.1, 0.15) is 30.6 Å². The van der Waals surface area contributed by atoms with E-state index in [1.807, 2.05) is 0 Å². The molecule has 6 nitrogen and oxygen atoms in total. The summed E-state index contributed by atoms with van der Waals surface area (Å²) in [5.74, 6) is 0.632. The van der Waals surface area contributed by atoms with E-state index in [1.54, 1.807) is 26.2 Å². The summed E-state index contributed by atoms with van der Waals surface area (Å²) in [5.41, 5.74) is 0.331. The second-order valence-electron chi connectivity index (χ2n) is 6.83. The fourth-order valence-electron chi connectivity index (χ4n) is 3.21.